The Kier molecular flexibility index (Phi) is 7.14. The van der Waals surface area contributed by atoms with E-state index in [1.165, 1.54) is 51.6 Å². The van der Waals surface area contributed by atoms with E-state index in [4.69, 9.17) is 0 Å². The topological polar surface area (TPSA) is 23.5 Å². The molecule has 0 aromatic rings. The van der Waals surface area contributed by atoms with Gasteiger partial charge in [-0.05, 0) is 58.5 Å². The normalized spacial score (nSPS) is 25.1. The lowest BCUT2D eigenvalue weighted by atomic mass is 10.0. The predicted molar refractivity (Wildman–Crippen MR) is 74.2 cm³/mol. The zero-order chi connectivity index (χ0) is 12.7. The highest BCUT2D eigenvalue weighted by molar-refractivity contribution is 4.78. The van der Waals surface area contributed by atoms with Crippen molar-refractivity contribution in [3.8, 4) is 0 Å². The molecule has 1 rings (SSSR count). The quantitative estimate of drug-likeness (QED) is 0.658. The van der Waals surface area contributed by atoms with Crippen LogP contribution in [-0.4, -0.2) is 35.2 Å². The third-order valence-electron chi connectivity index (χ3n) is 4.19. The number of rotatable bonds is 8. The van der Waals surface area contributed by atoms with Gasteiger partial charge in [-0.1, -0.05) is 26.2 Å². The van der Waals surface area contributed by atoms with E-state index in [2.05, 4.69) is 25.7 Å². The second-order valence-electron chi connectivity index (χ2n) is 5.88. The number of hydrogen-bond donors (Lipinski definition) is 1. The van der Waals surface area contributed by atoms with Gasteiger partial charge in [-0.25, -0.2) is 0 Å². The summed E-state index contributed by atoms with van der Waals surface area (Å²) in [5.41, 5.74) is 0. The molecule has 1 aliphatic carbocycles. The van der Waals surface area contributed by atoms with Gasteiger partial charge >= 0.3 is 0 Å². The highest BCUT2D eigenvalue weighted by Gasteiger charge is 2.25. The minimum atomic E-state index is -0.0142. The lowest BCUT2D eigenvalue weighted by molar-refractivity contribution is 0.112. The molecule has 1 saturated carbocycles. The van der Waals surface area contributed by atoms with Gasteiger partial charge in [0.15, 0.2) is 0 Å². The Labute approximate surface area is 107 Å². The molecular formula is C15H31NO. The molecule has 2 atom stereocenters. The van der Waals surface area contributed by atoms with Crippen molar-refractivity contribution in [3.05, 3.63) is 0 Å². The van der Waals surface area contributed by atoms with Crippen molar-refractivity contribution in [2.45, 2.75) is 77.9 Å². The highest BCUT2D eigenvalue weighted by atomic mass is 16.3. The van der Waals surface area contributed by atoms with Crippen LogP contribution in [0.25, 0.3) is 0 Å². The zero-order valence-corrected chi connectivity index (χ0v) is 12.0. The van der Waals surface area contributed by atoms with Crippen LogP contribution in [0, 0.1) is 5.92 Å². The molecule has 0 aliphatic heterocycles. The lowest BCUT2D eigenvalue weighted by Gasteiger charge is -2.28. The Bertz CT molecular complexity index is 193. The molecule has 2 nitrogen and oxygen atoms in total. The minimum absolute atomic E-state index is 0.0142. The fraction of sp³-hybridized carbons (Fsp3) is 1.00. The van der Waals surface area contributed by atoms with Crippen LogP contribution in [0.5, 0.6) is 0 Å². The molecule has 0 spiro atoms. The summed E-state index contributed by atoms with van der Waals surface area (Å²) in [7, 11) is 0. The maximum Gasteiger partial charge on any atom is 0.0568 e. The lowest BCUT2D eigenvalue weighted by Crippen LogP contribution is -2.34. The van der Waals surface area contributed by atoms with E-state index in [-0.39, 0.29) is 6.10 Å². The molecule has 2 heteroatoms. The molecule has 0 bridgehead atoms. The summed E-state index contributed by atoms with van der Waals surface area (Å²) in [5, 5.41) is 9.84. The fourth-order valence-electron chi connectivity index (χ4n) is 2.88. The van der Waals surface area contributed by atoms with E-state index in [1.807, 2.05) is 0 Å². The molecule has 0 saturated heterocycles. The first-order valence-electron chi connectivity index (χ1n) is 7.57. The van der Waals surface area contributed by atoms with Gasteiger partial charge in [0.05, 0.1) is 6.10 Å². The number of aliphatic hydroxyl groups is 1. The van der Waals surface area contributed by atoms with Crippen LogP contribution in [0.3, 0.4) is 0 Å². The Morgan fingerprint density at radius 2 is 1.94 bits per heavy atom. The van der Waals surface area contributed by atoms with Crippen molar-refractivity contribution in [3.63, 3.8) is 0 Å². The van der Waals surface area contributed by atoms with E-state index in [0.29, 0.717) is 12.0 Å². The van der Waals surface area contributed by atoms with Crippen LogP contribution in [0.4, 0.5) is 0 Å². The molecule has 1 aliphatic rings. The molecular weight excluding hydrogens is 210 g/mol. The summed E-state index contributed by atoms with van der Waals surface area (Å²) >= 11 is 0. The number of aliphatic hydroxyl groups excluding tert-OH is 1. The number of unbranched alkanes of at least 4 members (excludes halogenated alkanes) is 2. The van der Waals surface area contributed by atoms with Crippen LogP contribution < -0.4 is 0 Å². The standard InChI is InChI=1S/C15H31NO/c1-4-5-6-11-16(13(2)3)12-10-14-8-7-9-15(14)17/h13-15,17H,4-12H2,1-3H3. The van der Waals surface area contributed by atoms with E-state index >= 15 is 0 Å². The van der Waals surface area contributed by atoms with Crippen LogP contribution in [0.2, 0.25) is 0 Å². The highest BCUT2D eigenvalue weighted by Crippen LogP contribution is 2.28. The average molecular weight is 241 g/mol. The monoisotopic (exact) mass is 241 g/mol. The van der Waals surface area contributed by atoms with Crippen LogP contribution in [0.15, 0.2) is 0 Å². The molecule has 0 aromatic carbocycles. The first kappa shape index (κ1) is 15.0. The van der Waals surface area contributed by atoms with Crippen LogP contribution in [-0.2, 0) is 0 Å². The molecule has 0 amide bonds. The molecule has 1 N–H and O–H groups in total. The Morgan fingerprint density at radius 1 is 1.18 bits per heavy atom. The molecule has 0 aromatic heterocycles. The third-order valence-corrected chi connectivity index (χ3v) is 4.19. The van der Waals surface area contributed by atoms with Crippen molar-refractivity contribution in [2.24, 2.45) is 5.92 Å². The van der Waals surface area contributed by atoms with Crippen LogP contribution in [0.1, 0.15) is 65.7 Å². The summed E-state index contributed by atoms with van der Waals surface area (Å²) in [5.74, 6) is 0.572. The molecule has 1 fully saturated rings. The molecule has 2 unspecified atom stereocenters. The van der Waals surface area contributed by atoms with E-state index in [9.17, 15) is 5.11 Å². The maximum atomic E-state index is 9.84. The first-order valence-corrected chi connectivity index (χ1v) is 7.57. The molecule has 102 valence electrons. The Hall–Kier alpha value is -0.0800. The fourth-order valence-corrected chi connectivity index (χ4v) is 2.88. The second kappa shape index (κ2) is 8.10. The average Bonchev–Trinajstić information content (AvgIpc) is 2.69. The Balaban J connectivity index is 2.23. The zero-order valence-electron chi connectivity index (χ0n) is 12.0. The van der Waals surface area contributed by atoms with E-state index < -0.39 is 0 Å². The summed E-state index contributed by atoms with van der Waals surface area (Å²) in [6, 6.07) is 0.644. The summed E-state index contributed by atoms with van der Waals surface area (Å²) < 4.78 is 0. The Morgan fingerprint density at radius 3 is 2.47 bits per heavy atom. The van der Waals surface area contributed by atoms with Gasteiger partial charge in [-0.3, -0.25) is 0 Å². The SMILES string of the molecule is CCCCCN(CCC1CCCC1O)C(C)C. The number of hydrogen-bond acceptors (Lipinski definition) is 2. The summed E-state index contributed by atoms with van der Waals surface area (Å²) in [4.78, 5) is 2.58. The first-order chi connectivity index (χ1) is 8.15. The molecule has 0 heterocycles. The largest absolute Gasteiger partial charge is 0.393 e. The van der Waals surface area contributed by atoms with Gasteiger partial charge in [-0.2, -0.15) is 0 Å². The number of nitrogens with zero attached hydrogens (tertiary/aromatic N) is 1. The predicted octanol–water partition coefficient (Wildman–Crippen LogP) is 3.44. The van der Waals surface area contributed by atoms with E-state index in [1.54, 1.807) is 0 Å². The summed E-state index contributed by atoms with van der Waals surface area (Å²) in [6.07, 6.45) is 8.63. The smallest absolute Gasteiger partial charge is 0.0568 e. The second-order valence-corrected chi connectivity index (χ2v) is 5.88. The van der Waals surface area contributed by atoms with Crippen molar-refractivity contribution >= 4 is 0 Å². The molecule has 0 radical (unpaired) electrons. The van der Waals surface area contributed by atoms with Gasteiger partial charge in [0.2, 0.25) is 0 Å². The summed E-state index contributed by atoms with van der Waals surface area (Å²) in [6.45, 7) is 9.24. The van der Waals surface area contributed by atoms with Crippen molar-refractivity contribution in [2.75, 3.05) is 13.1 Å². The molecule has 17 heavy (non-hydrogen) atoms. The van der Waals surface area contributed by atoms with E-state index in [0.717, 1.165) is 6.42 Å². The minimum Gasteiger partial charge on any atom is -0.393 e. The maximum absolute atomic E-state index is 9.84. The van der Waals surface area contributed by atoms with Crippen molar-refractivity contribution in [1.82, 2.24) is 4.90 Å². The van der Waals surface area contributed by atoms with Crippen molar-refractivity contribution < 1.29 is 5.11 Å². The van der Waals surface area contributed by atoms with Gasteiger partial charge in [-0.15, -0.1) is 0 Å². The third kappa shape index (κ3) is 5.39. The van der Waals surface area contributed by atoms with Crippen LogP contribution >= 0.6 is 0 Å². The van der Waals surface area contributed by atoms with Gasteiger partial charge < -0.3 is 10.0 Å². The van der Waals surface area contributed by atoms with Gasteiger partial charge in [0, 0.05) is 6.04 Å². The van der Waals surface area contributed by atoms with Gasteiger partial charge in [0.25, 0.3) is 0 Å². The van der Waals surface area contributed by atoms with Gasteiger partial charge in [0.1, 0.15) is 0 Å². The van der Waals surface area contributed by atoms with Crippen molar-refractivity contribution in [1.29, 1.82) is 0 Å².